The number of hydrogen-bond acceptors (Lipinski definition) is 6. The molecule has 4 N–H and O–H groups in total. The van der Waals surface area contributed by atoms with Crippen LogP contribution in [-0.4, -0.2) is 77.6 Å². The molecule has 0 spiro atoms. The number of hydrazine groups is 2. The number of hydrogen-bond donors (Lipinski definition) is 3. The number of rotatable bonds is 3. The van der Waals surface area contributed by atoms with Crippen molar-refractivity contribution in [2.75, 3.05) is 33.2 Å². The van der Waals surface area contributed by atoms with Crippen LogP contribution in [0, 0.1) is 17.8 Å². The van der Waals surface area contributed by atoms with Gasteiger partial charge < -0.3 is 15.5 Å². The van der Waals surface area contributed by atoms with Crippen molar-refractivity contribution >= 4 is 11.8 Å². The van der Waals surface area contributed by atoms with Gasteiger partial charge in [-0.3, -0.25) is 9.59 Å². The minimum Gasteiger partial charge on any atom is -0.339 e. The molecule has 3 aliphatic carbocycles. The van der Waals surface area contributed by atoms with Gasteiger partial charge in [-0.05, 0) is 69.6 Å². The first-order valence-electron chi connectivity index (χ1n) is 12.1. The molecule has 2 amide bonds. The van der Waals surface area contributed by atoms with Gasteiger partial charge in [0.05, 0.1) is 5.54 Å². The van der Waals surface area contributed by atoms with Crippen LogP contribution in [0.5, 0.6) is 0 Å². The highest BCUT2D eigenvalue weighted by atomic mass is 16.2. The van der Waals surface area contributed by atoms with Crippen LogP contribution >= 0.6 is 0 Å². The molecule has 168 valence electrons. The molecule has 0 aromatic carbocycles. The molecule has 3 unspecified atom stereocenters. The van der Waals surface area contributed by atoms with Crippen LogP contribution in [0.3, 0.4) is 0 Å². The van der Waals surface area contributed by atoms with Gasteiger partial charge in [0.15, 0.2) is 0 Å². The third-order valence-corrected chi connectivity index (χ3v) is 8.49. The van der Waals surface area contributed by atoms with Crippen molar-refractivity contribution < 1.29 is 9.59 Å². The zero-order valence-electron chi connectivity index (χ0n) is 18.3. The Labute approximate surface area is 179 Å². The van der Waals surface area contributed by atoms with E-state index in [1.54, 1.807) is 0 Å². The lowest BCUT2D eigenvalue weighted by Crippen LogP contribution is -2.56. The average Bonchev–Trinajstić information content (AvgIpc) is 3.41. The van der Waals surface area contributed by atoms with E-state index in [9.17, 15) is 9.59 Å². The number of carbonyl (C=O) groups excluding carboxylic acids is 2. The minimum atomic E-state index is -0.594. The highest BCUT2D eigenvalue weighted by Gasteiger charge is 2.48. The van der Waals surface area contributed by atoms with Gasteiger partial charge in [0.1, 0.15) is 0 Å². The lowest BCUT2D eigenvalue weighted by molar-refractivity contribution is -0.144. The van der Waals surface area contributed by atoms with E-state index in [4.69, 9.17) is 5.73 Å². The van der Waals surface area contributed by atoms with E-state index in [0.29, 0.717) is 44.2 Å². The molecule has 0 radical (unpaired) electrons. The maximum Gasteiger partial charge on any atom is 0.242 e. The number of fused-ring (bicyclic) bond motifs is 1. The van der Waals surface area contributed by atoms with Crippen LogP contribution in [0.1, 0.15) is 57.8 Å². The molecule has 2 heterocycles. The third-order valence-electron chi connectivity index (χ3n) is 8.49. The van der Waals surface area contributed by atoms with E-state index in [1.165, 1.54) is 32.1 Å². The fourth-order valence-corrected chi connectivity index (χ4v) is 6.35. The highest BCUT2D eigenvalue weighted by Crippen LogP contribution is 2.41. The lowest BCUT2D eigenvalue weighted by Gasteiger charge is -2.41. The van der Waals surface area contributed by atoms with Crippen molar-refractivity contribution in [1.29, 1.82) is 0 Å². The molecule has 2 aliphatic heterocycles. The maximum absolute atomic E-state index is 13.1. The highest BCUT2D eigenvalue weighted by molar-refractivity contribution is 5.89. The molecule has 5 rings (SSSR count). The van der Waals surface area contributed by atoms with Crippen molar-refractivity contribution in [3.63, 3.8) is 0 Å². The molecule has 2 saturated heterocycles. The van der Waals surface area contributed by atoms with Gasteiger partial charge in [-0.15, -0.1) is 0 Å². The second-order valence-electron chi connectivity index (χ2n) is 10.5. The predicted molar refractivity (Wildman–Crippen MR) is 114 cm³/mol. The van der Waals surface area contributed by atoms with Crippen LogP contribution in [0.4, 0.5) is 0 Å². The first-order valence-corrected chi connectivity index (χ1v) is 12.1. The molecule has 30 heavy (non-hydrogen) atoms. The molecular weight excluding hydrogens is 380 g/mol. The standard InChI is InChI=1S/C22H38N6O2/c1-26-24-18-7-6-17(14-19(18)25-26)15-2-4-16(5-3-15)20(29)27-10-12-28(13-11-27)21(30)22(23)8-9-22/h15-19,24-25H,2-14,23H2,1H3. The smallest absolute Gasteiger partial charge is 0.242 e. The van der Waals surface area contributed by atoms with Crippen molar-refractivity contribution in [3.05, 3.63) is 0 Å². The van der Waals surface area contributed by atoms with Crippen LogP contribution in [0.2, 0.25) is 0 Å². The van der Waals surface area contributed by atoms with Gasteiger partial charge in [0.2, 0.25) is 11.8 Å². The molecule has 5 aliphatic rings. The van der Waals surface area contributed by atoms with E-state index in [-0.39, 0.29) is 11.8 Å². The van der Waals surface area contributed by atoms with E-state index >= 15 is 0 Å². The van der Waals surface area contributed by atoms with E-state index in [1.807, 2.05) is 14.9 Å². The number of carbonyl (C=O) groups is 2. The molecule has 3 atom stereocenters. The molecule has 8 nitrogen and oxygen atoms in total. The van der Waals surface area contributed by atoms with E-state index in [0.717, 1.165) is 37.5 Å². The van der Waals surface area contributed by atoms with Crippen molar-refractivity contribution in [1.82, 2.24) is 25.8 Å². The van der Waals surface area contributed by atoms with Crippen molar-refractivity contribution in [3.8, 4) is 0 Å². The Morgan fingerprint density at radius 1 is 0.833 bits per heavy atom. The first-order chi connectivity index (χ1) is 14.4. The van der Waals surface area contributed by atoms with Crippen LogP contribution in [0.15, 0.2) is 0 Å². The molecule has 5 fully saturated rings. The lowest BCUT2D eigenvalue weighted by atomic mass is 9.69. The summed E-state index contributed by atoms with van der Waals surface area (Å²) in [5.74, 6) is 2.16. The number of nitrogens with two attached hydrogens (primary N) is 1. The summed E-state index contributed by atoms with van der Waals surface area (Å²) in [4.78, 5) is 29.4. The summed E-state index contributed by atoms with van der Waals surface area (Å²) in [6.45, 7) is 2.61. The minimum absolute atomic E-state index is 0.0861. The van der Waals surface area contributed by atoms with Gasteiger partial charge >= 0.3 is 0 Å². The van der Waals surface area contributed by atoms with Gasteiger partial charge in [-0.25, -0.2) is 10.9 Å². The normalized spacial score (nSPS) is 38.9. The van der Waals surface area contributed by atoms with Crippen molar-refractivity contribution in [2.24, 2.45) is 23.5 Å². The summed E-state index contributed by atoms with van der Waals surface area (Å²) in [5.41, 5.74) is 12.5. The average molecular weight is 419 g/mol. The fraction of sp³-hybridized carbons (Fsp3) is 0.909. The Bertz CT molecular complexity index is 667. The summed E-state index contributed by atoms with van der Waals surface area (Å²) in [6, 6.07) is 1.15. The summed E-state index contributed by atoms with van der Waals surface area (Å²) < 4.78 is 0. The second-order valence-corrected chi connectivity index (χ2v) is 10.5. The zero-order chi connectivity index (χ0) is 20.9. The summed E-state index contributed by atoms with van der Waals surface area (Å²) in [6.07, 6.45) is 9.87. The van der Waals surface area contributed by atoms with E-state index in [2.05, 4.69) is 17.9 Å². The van der Waals surface area contributed by atoms with Gasteiger partial charge in [0, 0.05) is 51.2 Å². The summed E-state index contributed by atoms with van der Waals surface area (Å²) in [5, 5.41) is 2.03. The number of nitrogens with one attached hydrogen (secondary N) is 2. The van der Waals surface area contributed by atoms with Gasteiger partial charge in [0.25, 0.3) is 0 Å². The molecule has 8 heteroatoms. The third kappa shape index (κ3) is 3.99. The van der Waals surface area contributed by atoms with Crippen LogP contribution in [-0.2, 0) is 9.59 Å². The topological polar surface area (TPSA) is 93.9 Å². The monoisotopic (exact) mass is 418 g/mol. The molecular formula is C22H38N6O2. The molecule has 3 saturated carbocycles. The Balaban J connectivity index is 1.07. The quantitative estimate of drug-likeness (QED) is 0.616. The fourth-order valence-electron chi connectivity index (χ4n) is 6.35. The van der Waals surface area contributed by atoms with Gasteiger partial charge in [-0.1, -0.05) is 0 Å². The SMILES string of the molecule is CN1NC2CCC(C3CCC(C(=O)N4CCN(C(=O)C5(N)CC5)CC4)CC3)CC2N1. The largest absolute Gasteiger partial charge is 0.339 e. The van der Waals surface area contributed by atoms with E-state index < -0.39 is 5.54 Å². The predicted octanol–water partition coefficient (Wildman–Crippen LogP) is 0.447. The van der Waals surface area contributed by atoms with Gasteiger partial charge in [-0.2, -0.15) is 5.12 Å². The Kier molecular flexibility index (Phi) is 5.54. The Morgan fingerprint density at radius 3 is 2.10 bits per heavy atom. The number of nitrogens with zero attached hydrogens (tertiary/aromatic N) is 3. The van der Waals surface area contributed by atoms with Crippen LogP contribution in [0.25, 0.3) is 0 Å². The van der Waals surface area contributed by atoms with Crippen LogP contribution < -0.4 is 16.6 Å². The molecule has 0 bridgehead atoms. The van der Waals surface area contributed by atoms with Crippen molar-refractivity contribution in [2.45, 2.75) is 75.4 Å². The maximum atomic E-state index is 13.1. The first kappa shape index (κ1) is 20.7. The molecule has 0 aromatic heterocycles. The summed E-state index contributed by atoms with van der Waals surface area (Å²) in [7, 11) is 2.06. The number of piperazine rings is 1. The Hall–Kier alpha value is -1.22. The molecule has 0 aromatic rings. The zero-order valence-corrected chi connectivity index (χ0v) is 18.3. The Morgan fingerprint density at radius 2 is 1.43 bits per heavy atom. The summed E-state index contributed by atoms with van der Waals surface area (Å²) >= 11 is 0. The number of amides is 2. The second kappa shape index (κ2) is 8.04.